The van der Waals surface area contributed by atoms with E-state index < -0.39 is 0 Å². The number of hydrogen-bond acceptors (Lipinski definition) is 3. The van der Waals surface area contributed by atoms with E-state index in [1.54, 1.807) is 0 Å². The number of hydrogen-bond donors (Lipinski definition) is 0. The van der Waals surface area contributed by atoms with Crippen LogP contribution in [0.25, 0.3) is 32.6 Å². The maximum atomic E-state index is 6.28. The van der Waals surface area contributed by atoms with Crippen LogP contribution in [0.2, 0.25) is 0 Å². The van der Waals surface area contributed by atoms with Gasteiger partial charge >= 0.3 is 7.12 Å². The van der Waals surface area contributed by atoms with E-state index in [2.05, 4.69) is 107 Å². The molecule has 1 saturated heterocycles. The van der Waals surface area contributed by atoms with Gasteiger partial charge in [0.05, 0.1) is 22.2 Å². The quantitative estimate of drug-likeness (QED) is 0.191. The zero-order valence-corrected chi connectivity index (χ0v) is 19.6. The van der Waals surface area contributed by atoms with Crippen LogP contribution in [0.4, 0.5) is 0 Å². The standard InChI is InChI=1S/C29H28BNO2/c1-28(2)29(3,4)33-30(32-28)21-16-13-20(14-17-21)26-23-11-7-8-12-25(23)31-27-22-10-6-5-9-19(22)15-18-24(26)27/h5-13,15-18,20H,14H2,1-4H3. The lowest BCUT2D eigenvalue weighted by molar-refractivity contribution is 0.00578. The van der Waals surface area contributed by atoms with Crippen molar-refractivity contribution in [3.05, 3.63) is 89.9 Å². The second kappa shape index (κ2) is 7.28. The molecule has 1 aliphatic carbocycles. The highest BCUT2D eigenvalue weighted by atomic mass is 16.7. The minimum absolute atomic E-state index is 0.271. The number of rotatable bonds is 2. The van der Waals surface area contributed by atoms with Crippen LogP contribution in [-0.4, -0.2) is 23.3 Å². The predicted octanol–water partition coefficient (Wildman–Crippen LogP) is 7.14. The molecular formula is C29H28BNO2. The third kappa shape index (κ3) is 3.24. The van der Waals surface area contributed by atoms with Gasteiger partial charge in [-0.25, -0.2) is 4.98 Å². The predicted molar refractivity (Wildman–Crippen MR) is 137 cm³/mol. The average Bonchev–Trinajstić information content (AvgIpc) is 3.04. The molecule has 2 heterocycles. The summed E-state index contributed by atoms with van der Waals surface area (Å²) in [5.74, 6) is 0.271. The minimum Gasteiger partial charge on any atom is -0.399 e. The highest BCUT2D eigenvalue weighted by Crippen LogP contribution is 2.42. The van der Waals surface area contributed by atoms with Gasteiger partial charge in [-0.3, -0.25) is 0 Å². The molecule has 3 aromatic carbocycles. The molecule has 6 rings (SSSR count). The second-order valence-electron chi connectivity index (χ2n) is 10.2. The Kier molecular flexibility index (Phi) is 4.55. The van der Waals surface area contributed by atoms with Gasteiger partial charge in [0, 0.05) is 22.1 Å². The lowest BCUT2D eigenvalue weighted by Gasteiger charge is -2.32. The highest BCUT2D eigenvalue weighted by Gasteiger charge is 2.52. The number of nitrogens with zero attached hydrogens (tertiary/aromatic N) is 1. The fourth-order valence-corrected chi connectivity index (χ4v) is 5.06. The number of allylic oxidation sites excluding steroid dienone is 4. The number of pyridine rings is 1. The van der Waals surface area contributed by atoms with Crippen LogP contribution >= 0.6 is 0 Å². The van der Waals surface area contributed by atoms with E-state index in [0.29, 0.717) is 0 Å². The fourth-order valence-electron chi connectivity index (χ4n) is 5.06. The largest absolute Gasteiger partial charge is 0.494 e. The lowest BCUT2D eigenvalue weighted by Crippen LogP contribution is -2.41. The van der Waals surface area contributed by atoms with Crippen molar-refractivity contribution in [2.24, 2.45) is 0 Å². The second-order valence-corrected chi connectivity index (χ2v) is 10.2. The summed E-state index contributed by atoms with van der Waals surface area (Å²) in [6.45, 7) is 8.40. The molecule has 164 valence electrons. The number of fused-ring (bicyclic) bond motifs is 4. The molecule has 1 aliphatic heterocycles. The summed E-state index contributed by atoms with van der Waals surface area (Å²) in [6.07, 6.45) is 7.70. The highest BCUT2D eigenvalue weighted by molar-refractivity contribution is 6.55. The molecular weight excluding hydrogens is 405 g/mol. The Hall–Kier alpha value is -2.95. The van der Waals surface area contributed by atoms with Crippen LogP contribution < -0.4 is 0 Å². The molecule has 33 heavy (non-hydrogen) atoms. The first kappa shape index (κ1) is 20.6. The van der Waals surface area contributed by atoms with Gasteiger partial charge in [0.25, 0.3) is 0 Å². The Morgan fingerprint density at radius 3 is 2.24 bits per heavy atom. The molecule has 1 aromatic heterocycles. The van der Waals surface area contributed by atoms with E-state index in [1.165, 1.54) is 27.1 Å². The molecule has 3 nitrogen and oxygen atoms in total. The van der Waals surface area contributed by atoms with Crippen LogP contribution in [0.1, 0.15) is 45.6 Å². The van der Waals surface area contributed by atoms with Crippen LogP contribution in [0, 0.1) is 0 Å². The van der Waals surface area contributed by atoms with E-state index in [0.717, 1.165) is 22.9 Å². The van der Waals surface area contributed by atoms with Gasteiger partial charge in [-0.15, -0.1) is 0 Å². The van der Waals surface area contributed by atoms with E-state index in [9.17, 15) is 0 Å². The number of para-hydroxylation sites is 1. The van der Waals surface area contributed by atoms with Crippen LogP contribution in [0.3, 0.4) is 0 Å². The summed E-state index contributed by atoms with van der Waals surface area (Å²) in [5.41, 5.74) is 3.92. The topological polar surface area (TPSA) is 31.4 Å². The Balaban J connectivity index is 1.44. The summed E-state index contributed by atoms with van der Waals surface area (Å²) in [7, 11) is -0.318. The van der Waals surface area contributed by atoms with Crippen LogP contribution in [0.15, 0.2) is 84.4 Å². The van der Waals surface area contributed by atoms with E-state index in [4.69, 9.17) is 14.3 Å². The fraction of sp³-hybridized carbons (Fsp3) is 0.276. The summed E-state index contributed by atoms with van der Waals surface area (Å²) >= 11 is 0. The molecule has 1 fully saturated rings. The maximum absolute atomic E-state index is 6.28. The Morgan fingerprint density at radius 1 is 0.818 bits per heavy atom. The van der Waals surface area contributed by atoms with Gasteiger partial charge < -0.3 is 9.31 Å². The Labute approximate surface area is 195 Å². The van der Waals surface area contributed by atoms with Crippen molar-refractivity contribution in [1.82, 2.24) is 4.98 Å². The van der Waals surface area contributed by atoms with Crippen LogP contribution in [0.5, 0.6) is 0 Å². The third-order valence-electron chi connectivity index (χ3n) is 7.64. The van der Waals surface area contributed by atoms with Crippen LogP contribution in [-0.2, 0) is 9.31 Å². The molecule has 1 unspecified atom stereocenters. The first-order valence-corrected chi connectivity index (χ1v) is 11.8. The van der Waals surface area contributed by atoms with E-state index in [1.807, 2.05) is 0 Å². The molecule has 2 aliphatic rings. The van der Waals surface area contributed by atoms with E-state index in [-0.39, 0.29) is 24.2 Å². The molecule has 0 saturated carbocycles. The molecule has 0 bridgehead atoms. The first-order chi connectivity index (χ1) is 15.8. The smallest absolute Gasteiger partial charge is 0.399 e. The van der Waals surface area contributed by atoms with Gasteiger partial charge in [0.2, 0.25) is 0 Å². The number of aromatic nitrogens is 1. The van der Waals surface area contributed by atoms with Crippen molar-refractivity contribution in [3.63, 3.8) is 0 Å². The summed E-state index contributed by atoms with van der Waals surface area (Å²) in [6, 6.07) is 21.5. The van der Waals surface area contributed by atoms with Crippen molar-refractivity contribution in [1.29, 1.82) is 0 Å². The van der Waals surface area contributed by atoms with Gasteiger partial charge in [-0.2, -0.15) is 0 Å². The minimum atomic E-state index is -0.332. The van der Waals surface area contributed by atoms with Gasteiger partial charge in [-0.1, -0.05) is 72.8 Å². The van der Waals surface area contributed by atoms with Gasteiger partial charge in [0.1, 0.15) is 0 Å². The lowest BCUT2D eigenvalue weighted by atomic mass is 9.73. The van der Waals surface area contributed by atoms with Crippen molar-refractivity contribution in [2.75, 3.05) is 0 Å². The normalized spacial score (nSPS) is 21.8. The van der Waals surface area contributed by atoms with Gasteiger partial charge in [-0.05, 0) is 56.6 Å². The summed E-state index contributed by atoms with van der Waals surface area (Å²) in [5, 5.41) is 4.88. The Morgan fingerprint density at radius 2 is 1.52 bits per heavy atom. The molecule has 0 N–H and O–H groups in total. The first-order valence-electron chi connectivity index (χ1n) is 11.8. The van der Waals surface area contributed by atoms with Crippen molar-refractivity contribution in [2.45, 2.75) is 51.2 Å². The van der Waals surface area contributed by atoms with Crippen molar-refractivity contribution in [3.8, 4) is 0 Å². The SMILES string of the molecule is CC1(C)OB(C2=CCC(c3c4ccccc4nc4c3ccc3ccccc34)C=C2)OC1(C)C. The molecule has 1 atom stereocenters. The summed E-state index contributed by atoms with van der Waals surface area (Å²) < 4.78 is 12.6. The number of benzene rings is 3. The molecule has 0 radical (unpaired) electrons. The van der Waals surface area contributed by atoms with Gasteiger partial charge in [0.15, 0.2) is 0 Å². The molecule has 4 aromatic rings. The monoisotopic (exact) mass is 433 g/mol. The van der Waals surface area contributed by atoms with Crippen molar-refractivity contribution < 1.29 is 9.31 Å². The zero-order chi connectivity index (χ0) is 22.8. The maximum Gasteiger partial charge on any atom is 0.494 e. The average molecular weight is 433 g/mol. The summed E-state index contributed by atoms with van der Waals surface area (Å²) in [4.78, 5) is 5.09. The zero-order valence-electron chi connectivity index (χ0n) is 19.6. The molecule has 0 amide bonds. The van der Waals surface area contributed by atoms with E-state index >= 15 is 0 Å². The molecule has 0 spiro atoms. The van der Waals surface area contributed by atoms with Crippen molar-refractivity contribution >= 4 is 39.7 Å². The Bertz CT molecular complexity index is 1450. The molecule has 4 heteroatoms. The third-order valence-corrected chi connectivity index (χ3v) is 7.64.